The first-order chi connectivity index (χ1) is 15.6. The predicted octanol–water partition coefficient (Wildman–Crippen LogP) is 3.80. The number of aromatic nitrogens is 2. The highest BCUT2D eigenvalue weighted by Crippen LogP contribution is 2.22. The van der Waals surface area contributed by atoms with Crippen LogP contribution in [0.1, 0.15) is 38.7 Å². The van der Waals surface area contributed by atoms with E-state index < -0.39 is 0 Å². The van der Waals surface area contributed by atoms with E-state index in [1.54, 1.807) is 12.3 Å². The third-order valence-electron chi connectivity index (χ3n) is 6.25. The fourth-order valence-corrected chi connectivity index (χ4v) is 4.30. The molecular formula is C24H35FIN7. The number of piperidine rings is 1. The van der Waals surface area contributed by atoms with Crippen LogP contribution in [0.15, 0.2) is 41.7 Å². The highest BCUT2D eigenvalue weighted by molar-refractivity contribution is 14.0. The SMILES string of the molecule is CCNC(=NCc1ccc(N2CCC(C)CC2)nc1)NC1CCN(c2ncccc2F)C1.I. The molecule has 7 nitrogen and oxygen atoms in total. The summed E-state index contributed by atoms with van der Waals surface area (Å²) in [6.07, 6.45) is 6.94. The smallest absolute Gasteiger partial charge is 0.191 e. The molecule has 0 bridgehead atoms. The highest BCUT2D eigenvalue weighted by atomic mass is 127. The van der Waals surface area contributed by atoms with E-state index in [0.717, 1.165) is 55.9 Å². The molecule has 2 aromatic heterocycles. The van der Waals surface area contributed by atoms with Crippen molar-refractivity contribution in [1.82, 2.24) is 20.6 Å². The molecule has 4 rings (SSSR count). The minimum Gasteiger partial charge on any atom is -0.357 e. The Morgan fingerprint density at radius 2 is 1.91 bits per heavy atom. The van der Waals surface area contributed by atoms with Crippen LogP contribution >= 0.6 is 24.0 Å². The largest absolute Gasteiger partial charge is 0.357 e. The van der Waals surface area contributed by atoms with Gasteiger partial charge in [-0.15, -0.1) is 24.0 Å². The van der Waals surface area contributed by atoms with E-state index >= 15 is 0 Å². The van der Waals surface area contributed by atoms with Crippen molar-refractivity contribution in [3.8, 4) is 0 Å². The molecule has 0 amide bonds. The number of pyridine rings is 2. The quantitative estimate of drug-likeness (QED) is 0.315. The fraction of sp³-hybridized carbons (Fsp3) is 0.542. The van der Waals surface area contributed by atoms with Crippen LogP contribution in [-0.2, 0) is 6.54 Å². The van der Waals surface area contributed by atoms with Crippen molar-refractivity contribution in [2.45, 2.75) is 45.7 Å². The second-order valence-electron chi connectivity index (χ2n) is 8.77. The van der Waals surface area contributed by atoms with Gasteiger partial charge in [-0.25, -0.2) is 19.4 Å². The van der Waals surface area contributed by atoms with Crippen molar-refractivity contribution in [3.05, 3.63) is 48.0 Å². The standard InChI is InChI=1S/C24H34FN7.HI/c1-3-26-24(30-20-10-14-32(17-20)23-21(25)5-4-11-27-23)29-16-19-6-7-22(28-15-19)31-12-8-18(2)9-13-31;/h4-7,11,15,18,20H,3,8-10,12-14,16-17H2,1-2H3,(H2,26,29,30);1H. The molecule has 0 aliphatic carbocycles. The Morgan fingerprint density at radius 1 is 1.12 bits per heavy atom. The Balaban J connectivity index is 0.00000306. The number of rotatable bonds is 6. The van der Waals surface area contributed by atoms with E-state index in [2.05, 4.69) is 51.5 Å². The molecule has 33 heavy (non-hydrogen) atoms. The lowest BCUT2D eigenvalue weighted by Crippen LogP contribution is -2.44. The highest BCUT2D eigenvalue weighted by Gasteiger charge is 2.26. The molecule has 4 heterocycles. The van der Waals surface area contributed by atoms with Gasteiger partial charge in [-0.3, -0.25) is 0 Å². The molecule has 2 aromatic rings. The second-order valence-corrected chi connectivity index (χ2v) is 8.77. The molecule has 0 saturated carbocycles. The van der Waals surface area contributed by atoms with Crippen LogP contribution in [0.4, 0.5) is 16.0 Å². The molecular weight excluding hydrogens is 532 g/mol. The Hall–Kier alpha value is -2.17. The van der Waals surface area contributed by atoms with Crippen molar-refractivity contribution in [2.75, 3.05) is 42.5 Å². The topological polar surface area (TPSA) is 68.7 Å². The maximum Gasteiger partial charge on any atom is 0.191 e. The van der Waals surface area contributed by atoms with Crippen molar-refractivity contribution in [1.29, 1.82) is 0 Å². The number of nitrogens with one attached hydrogen (secondary N) is 2. The van der Waals surface area contributed by atoms with E-state index in [0.29, 0.717) is 18.9 Å². The molecule has 1 unspecified atom stereocenters. The molecule has 0 radical (unpaired) electrons. The lowest BCUT2D eigenvalue weighted by atomic mass is 9.99. The maximum atomic E-state index is 14.1. The van der Waals surface area contributed by atoms with E-state index in [9.17, 15) is 4.39 Å². The van der Waals surface area contributed by atoms with Crippen LogP contribution in [0.2, 0.25) is 0 Å². The van der Waals surface area contributed by atoms with Crippen molar-refractivity contribution in [2.24, 2.45) is 10.9 Å². The lowest BCUT2D eigenvalue weighted by molar-refractivity contribution is 0.436. The lowest BCUT2D eigenvalue weighted by Gasteiger charge is -2.31. The predicted molar refractivity (Wildman–Crippen MR) is 143 cm³/mol. The van der Waals surface area contributed by atoms with Gasteiger partial charge in [0.1, 0.15) is 5.82 Å². The third-order valence-corrected chi connectivity index (χ3v) is 6.25. The van der Waals surface area contributed by atoms with Crippen LogP contribution in [0.25, 0.3) is 0 Å². The Kier molecular flexibility index (Phi) is 9.52. The second kappa shape index (κ2) is 12.3. The van der Waals surface area contributed by atoms with Gasteiger partial charge in [0.2, 0.25) is 0 Å². The van der Waals surface area contributed by atoms with Crippen LogP contribution in [0.3, 0.4) is 0 Å². The van der Waals surface area contributed by atoms with Gasteiger partial charge >= 0.3 is 0 Å². The van der Waals surface area contributed by atoms with Gasteiger partial charge in [-0.1, -0.05) is 13.0 Å². The first-order valence-corrected chi connectivity index (χ1v) is 11.7. The molecule has 2 fully saturated rings. The number of guanidine groups is 1. The van der Waals surface area contributed by atoms with E-state index in [1.807, 2.05) is 11.1 Å². The molecule has 0 aromatic carbocycles. The van der Waals surface area contributed by atoms with Gasteiger partial charge in [-0.05, 0) is 55.9 Å². The summed E-state index contributed by atoms with van der Waals surface area (Å²) in [5.41, 5.74) is 1.08. The Bertz CT molecular complexity index is 900. The average molecular weight is 567 g/mol. The number of hydrogen-bond acceptors (Lipinski definition) is 5. The number of nitrogens with zero attached hydrogens (tertiary/aromatic N) is 5. The number of halogens is 2. The van der Waals surface area contributed by atoms with Gasteiger partial charge in [0.05, 0.1) is 6.54 Å². The van der Waals surface area contributed by atoms with Crippen LogP contribution in [0, 0.1) is 11.7 Å². The van der Waals surface area contributed by atoms with Gasteiger partial charge in [-0.2, -0.15) is 0 Å². The summed E-state index contributed by atoms with van der Waals surface area (Å²) in [6.45, 7) is 9.35. The fourth-order valence-electron chi connectivity index (χ4n) is 4.30. The molecule has 1 atom stereocenters. The first-order valence-electron chi connectivity index (χ1n) is 11.7. The molecule has 2 N–H and O–H groups in total. The summed E-state index contributed by atoms with van der Waals surface area (Å²) in [4.78, 5) is 18.0. The van der Waals surface area contributed by atoms with Crippen LogP contribution in [-0.4, -0.2) is 54.7 Å². The molecule has 2 aliphatic rings. The number of anilines is 2. The summed E-state index contributed by atoms with van der Waals surface area (Å²) in [5.74, 6) is 2.79. The molecule has 2 aliphatic heterocycles. The zero-order valence-electron chi connectivity index (χ0n) is 19.5. The van der Waals surface area contributed by atoms with E-state index in [4.69, 9.17) is 4.99 Å². The van der Waals surface area contributed by atoms with Gasteiger partial charge in [0.25, 0.3) is 0 Å². The summed E-state index contributed by atoms with van der Waals surface area (Å²) in [5, 5.41) is 6.81. The minimum absolute atomic E-state index is 0. The maximum absolute atomic E-state index is 14.1. The van der Waals surface area contributed by atoms with Crippen molar-refractivity contribution in [3.63, 3.8) is 0 Å². The molecule has 2 saturated heterocycles. The van der Waals surface area contributed by atoms with Crippen LogP contribution in [0.5, 0.6) is 0 Å². The minimum atomic E-state index is -0.274. The normalized spacial score (nSPS) is 19.4. The summed E-state index contributed by atoms with van der Waals surface area (Å²) in [6, 6.07) is 7.50. The number of hydrogen-bond donors (Lipinski definition) is 2. The molecule has 9 heteroatoms. The summed E-state index contributed by atoms with van der Waals surface area (Å²) >= 11 is 0. The van der Waals surface area contributed by atoms with Crippen molar-refractivity contribution < 1.29 is 4.39 Å². The Labute approximate surface area is 213 Å². The zero-order chi connectivity index (χ0) is 22.3. The summed E-state index contributed by atoms with van der Waals surface area (Å²) < 4.78 is 14.1. The van der Waals surface area contributed by atoms with E-state index in [-0.39, 0.29) is 35.8 Å². The zero-order valence-corrected chi connectivity index (χ0v) is 21.8. The monoisotopic (exact) mass is 567 g/mol. The average Bonchev–Trinajstić information content (AvgIpc) is 3.27. The van der Waals surface area contributed by atoms with Gasteiger partial charge in [0, 0.05) is 51.2 Å². The number of aliphatic imine (C=N–C) groups is 1. The van der Waals surface area contributed by atoms with E-state index in [1.165, 1.54) is 18.9 Å². The van der Waals surface area contributed by atoms with Gasteiger partial charge < -0.3 is 20.4 Å². The van der Waals surface area contributed by atoms with Crippen LogP contribution < -0.4 is 20.4 Å². The molecule has 180 valence electrons. The molecule has 0 spiro atoms. The third kappa shape index (κ3) is 6.91. The van der Waals surface area contributed by atoms with Gasteiger partial charge in [0.15, 0.2) is 17.6 Å². The summed E-state index contributed by atoms with van der Waals surface area (Å²) in [7, 11) is 0. The first kappa shape index (κ1) is 25.5. The Morgan fingerprint density at radius 3 is 2.61 bits per heavy atom. The van der Waals surface area contributed by atoms with Crippen molar-refractivity contribution >= 4 is 41.6 Å².